The average molecular weight is 472 g/mol. The fraction of sp³-hybridized carbons (Fsp3) is 0.200. The number of anilines is 1. The minimum atomic E-state index is -0.0256. The van der Waals surface area contributed by atoms with Gasteiger partial charge in [-0.25, -0.2) is 4.98 Å². The first kappa shape index (κ1) is 20.6. The molecular weight excluding hydrogens is 450 g/mol. The molecule has 0 unspecified atom stereocenters. The van der Waals surface area contributed by atoms with E-state index in [1.807, 2.05) is 70.9 Å². The molecule has 0 spiro atoms. The van der Waals surface area contributed by atoms with E-state index in [9.17, 15) is 4.79 Å². The van der Waals surface area contributed by atoms with Gasteiger partial charge in [0.25, 0.3) is 5.91 Å². The Balaban J connectivity index is 1.09. The van der Waals surface area contributed by atoms with Gasteiger partial charge in [-0.15, -0.1) is 21.5 Å². The normalized spacial score (nSPS) is 14.9. The Morgan fingerprint density at radius 3 is 2.47 bits per heavy atom. The molecule has 9 heteroatoms. The van der Waals surface area contributed by atoms with Gasteiger partial charge in [-0.3, -0.25) is 4.79 Å². The minimum Gasteiger partial charge on any atom is -0.454 e. The second kappa shape index (κ2) is 8.75. The maximum absolute atomic E-state index is 13.0. The van der Waals surface area contributed by atoms with E-state index in [-0.39, 0.29) is 12.7 Å². The van der Waals surface area contributed by atoms with Crippen LogP contribution in [0.3, 0.4) is 0 Å². The lowest BCUT2D eigenvalue weighted by Gasteiger charge is -2.34. The van der Waals surface area contributed by atoms with E-state index in [4.69, 9.17) is 9.47 Å². The first-order chi connectivity index (χ1) is 16.7. The van der Waals surface area contributed by atoms with Crippen LogP contribution >= 0.6 is 11.3 Å². The van der Waals surface area contributed by atoms with Gasteiger partial charge in [-0.1, -0.05) is 30.3 Å². The highest BCUT2D eigenvalue weighted by Gasteiger charge is 2.25. The quantitative estimate of drug-likeness (QED) is 0.446. The molecule has 2 aromatic carbocycles. The number of amides is 1. The zero-order valence-corrected chi connectivity index (χ0v) is 19.1. The number of carbonyl (C=O) groups excluding carboxylic acids is 1. The van der Waals surface area contributed by atoms with Crippen molar-refractivity contribution in [2.24, 2.45) is 0 Å². The van der Waals surface area contributed by atoms with Crippen molar-refractivity contribution in [3.8, 4) is 33.3 Å². The summed E-state index contributed by atoms with van der Waals surface area (Å²) in [7, 11) is 0. The molecule has 0 N–H and O–H groups in total. The van der Waals surface area contributed by atoms with Crippen molar-refractivity contribution in [3.63, 3.8) is 0 Å². The molecule has 0 radical (unpaired) electrons. The van der Waals surface area contributed by atoms with Gasteiger partial charge in [-0.2, -0.15) is 0 Å². The monoisotopic (exact) mass is 471 g/mol. The fourth-order valence-electron chi connectivity index (χ4n) is 4.09. The Morgan fingerprint density at radius 2 is 1.68 bits per heavy atom. The SMILES string of the molecule is O=C(c1csc(-c2ccccc2)n1)N1CCN(c2ccc(-c3ccc4c(c3)OCO4)nn2)CC1. The van der Waals surface area contributed by atoms with E-state index in [1.165, 1.54) is 11.3 Å². The van der Waals surface area contributed by atoms with Crippen LogP contribution in [-0.4, -0.2) is 59.0 Å². The van der Waals surface area contributed by atoms with Gasteiger partial charge < -0.3 is 19.3 Å². The molecule has 4 heterocycles. The predicted molar refractivity (Wildman–Crippen MR) is 129 cm³/mol. The summed E-state index contributed by atoms with van der Waals surface area (Å²) in [4.78, 5) is 21.5. The van der Waals surface area contributed by atoms with Crippen molar-refractivity contribution in [1.82, 2.24) is 20.1 Å². The summed E-state index contributed by atoms with van der Waals surface area (Å²) < 4.78 is 10.8. The summed E-state index contributed by atoms with van der Waals surface area (Å²) in [5.41, 5.74) is 3.23. The molecule has 2 aromatic heterocycles. The van der Waals surface area contributed by atoms with Gasteiger partial charge in [-0.05, 0) is 30.3 Å². The van der Waals surface area contributed by atoms with E-state index in [0.717, 1.165) is 39.1 Å². The molecule has 2 aliphatic heterocycles. The second-order valence-electron chi connectivity index (χ2n) is 8.03. The number of ether oxygens (including phenoxy) is 2. The Bertz CT molecular complexity index is 1320. The summed E-state index contributed by atoms with van der Waals surface area (Å²) >= 11 is 1.50. The Labute approximate surface area is 200 Å². The van der Waals surface area contributed by atoms with E-state index < -0.39 is 0 Å². The molecule has 170 valence electrons. The first-order valence-electron chi connectivity index (χ1n) is 11.0. The van der Waals surface area contributed by atoms with Crippen molar-refractivity contribution >= 4 is 23.1 Å². The van der Waals surface area contributed by atoms with Crippen molar-refractivity contribution in [2.45, 2.75) is 0 Å². The number of fused-ring (bicyclic) bond motifs is 1. The maximum atomic E-state index is 13.0. The minimum absolute atomic E-state index is 0.0256. The fourth-order valence-corrected chi connectivity index (χ4v) is 4.89. The number of hydrogen-bond donors (Lipinski definition) is 0. The van der Waals surface area contributed by atoms with Crippen LogP contribution in [0.1, 0.15) is 10.5 Å². The number of carbonyl (C=O) groups is 1. The predicted octanol–water partition coefficient (Wildman–Crippen LogP) is 3.96. The zero-order chi connectivity index (χ0) is 22.9. The van der Waals surface area contributed by atoms with E-state index >= 15 is 0 Å². The molecule has 1 saturated heterocycles. The first-order valence-corrected chi connectivity index (χ1v) is 11.9. The number of aromatic nitrogens is 3. The summed E-state index contributed by atoms with van der Waals surface area (Å²) in [6, 6.07) is 19.6. The molecule has 4 aromatic rings. The second-order valence-corrected chi connectivity index (χ2v) is 8.89. The van der Waals surface area contributed by atoms with Crippen LogP contribution in [0.5, 0.6) is 11.5 Å². The molecule has 2 aliphatic rings. The van der Waals surface area contributed by atoms with Gasteiger partial charge in [0.2, 0.25) is 6.79 Å². The van der Waals surface area contributed by atoms with Gasteiger partial charge in [0.15, 0.2) is 17.3 Å². The van der Waals surface area contributed by atoms with E-state index in [2.05, 4.69) is 20.1 Å². The van der Waals surface area contributed by atoms with E-state index in [0.29, 0.717) is 31.9 Å². The molecular formula is C25H21N5O3S. The van der Waals surface area contributed by atoms with Crippen LogP contribution in [0.15, 0.2) is 66.0 Å². The van der Waals surface area contributed by atoms with Crippen LogP contribution in [-0.2, 0) is 0 Å². The molecule has 0 bridgehead atoms. The largest absolute Gasteiger partial charge is 0.454 e. The number of thiazole rings is 1. The third-order valence-electron chi connectivity index (χ3n) is 5.95. The van der Waals surface area contributed by atoms with Gasteiger partial charge in [0.05, 0.1) is 5.69 Å². The highest BCUT2D eigenvalue weighted by molar-refractivity contribution is 7.13. The molecule has 0 saturated carbocycles. The van der Waals surface area contributed by atoms with E-state index in [1.54, 1.807) is 0 Å². The lowest BCUT2D eigenvalue weighted by atomic mass is 10.1. The van der Waals surface area contributed by atoms with Crippen LogP contribution in [0.25, 0.3) is 21.8 Å². The van der Waals surface area contributed by atoms with Crippen molar-refractivity contribution in [2.75, 3.05) is 37.9 Å². The molecule has 34 heavy (non-hydrogen) atoms. The van der Waals surface area contributed by atoms with Crippen LogP contribution in [0.4, 0.5) is 5.82 Å². The highest BCUT2D eigenvalue weighted by Crippen LogP contribution is 2.35. The number of hydrogen-bond acceptors (Lipinski definition) is 8. The topological polar surface area (TPSA) is 80.7 Å². The van der Waals surface area contributed by atoms with Gasteiger partial charge in [0.1, 0.15) is 10.7 Å². The van der Waals surface area contributed by atoms with Crippen LogP contribution < -0.4 is 14.4 Å². The summed E-state index contributed by atoms with van der Waals surface area (Å²) in [5, 5.41) is 11.5. The Hall–Kier alpha value is -3.98. The average Bonchev–Trinajstić information content (AvgIpc) is 3.59. The van der Waals surface area contributed by atoms with Crippen molar-refractivity contribution < 1.29 is 14.3 Å². The summed E-state index contributed by atoms with van der Waals surface area (Å²) in [6.45, 7) is 2.86. The molecule has 1 amide bonds. The molecule has 1 fully saturated rings. The summed E-state index contributed by atoms with van der Waals surface area (Å²) in [5.74, 6) is 2.24. The smallest absolute Gasteiger partial charge is 0.273 e. The van der Waals surface area contributed by atoms with Crippen molar-refractivity contribution in [1.29, 1.82) is 0 Å². The standard InChI is InChI=1S/C25H21N5O3S/c31-25(20-15-34-24(26-20)17-4-2-1-3-5-17)30-12-10-29(11-13-30)23-9-7-19(27-28-23)18-6-8-21-22(14-18)33-16-32-21/h1-9,14-15H,10-13,16H2. The Kier molecular flexibility index (Phi) is 5.31. The number of piperazine rings is 1. The van der Waals surface area contributed by atoms with Gasteiger partial charge in [0, 0.05) is 42.7 Å². The third kappa shape index (κ3) is 3.94. The zero-order valence-electron chi connectivity index (χ0n) is 18.3. The third-order valence-corrected chi connectivity index (χ3v) is 6.85. The molecule has 6 rings (SSSR count). The molecule has 8 nitrogen and oxygen atoms in total. The maximum Gasteiger partial charge on any atom is 0.273 e. The lowest BCUT2D eigenvalue weighted by molar-refractivity contribution is 0.0741. The van der Waals surface area contributed by atoms with Crippen LogP contribution in [0.2, 0.25) is 0 Å². The van der Waals surface area contributed by atoms with Crippen molar-refractivity contribution in [3.05, 3.63) is 71.7 Å². The number of rotatable bonds is 4. The highest BCUT2D eigenvalue weighted by atomic mass is 32.1. The number of nitrogens with zero attached hydrogens (tertiary/aromatic N) is 5. The molecule has 0 atom stereocenters. The molecule has 0 aliphatic carbocycles. The van der Waals surface area contributed by atoms with Gasteiger partial charge >= 0.3 is 0 Å². The lowest BCUT2D eigenvalue weighted by Crippen LogP contribution is -2.49. The Morgan fingerprint density at radius 1 is 0.853 bits per heavy atom. The summed E-state index contributed by atoms with van der Waals surface area (Å²) in [6.07, 6.45) is 0. The van der Waals surface area contributed by atoms with Crippen LogP contribution in [0, 0.1) is 0 Å². The number of benzene rings is 2.